The first-order chi connectivity index (χ1) is 8.76. The molecular weight excluding hydrogens is 228 g/mol. The molecule has 1 heterocycles. The highest BCUT2D eigenvalue weighted by Gasteiger charge is 2.42. The summed E-state index contributed by atoms with van der Waals surface area (Å²) in [6.07, 6.45) is 5.06. The zero-order chi connectivity index (χ0) is 13.0. The summed E-state index contributed by atoms with van der Waals surface area (Å²) in [6, 6.07) is 4.75. The van der Waals surface area contributed by atoms with Crippen LogP contribution in [-0.2, 0) is 9.47 Å². The third kappa shape index (κ3) is 2.88. The van der Waals surface area contributed by atoms with E-state index in [9.17, 15) is 0 Å². The molecule has 4 nitrogen and oxygen atoms in total. The molecule has 0 aromatic carbocycles. The molecule has 1 aromatic rings. The quantitative estimate of drug-likeness (QED) is 0.837. The number of hydrogen-bond donors (Lipinski definition) is 1. The Hall–Kier alpha value is -0.970. The molecule has 0 amide bonds. The van der Waals surface area contributed by atoms with Gasteiger partial charge >= 0.3 is 0 Å². The van der Waals surface area contributed by atoms with E-state index in [1.165, 1.54) is 5.56 Å². The second-order valence-electron chi connectivity index (χ2n) is 4.71. The van der Waals surface area contributed by atoms with Gasteiger partial charge in [-0.25, -0.2) is 0 Å². The van der Waals surface area contributed by atoms with Crippen LogP contribution in [0, 0.1) is 0 Å². The number of ether oxygens (including phenoxy) is 2. The van der Waals surface area contributed by atoms with Crippen molar-refractivity contribution in [2.24, 2.45) is 0 Å². The number of nitrogens with zero attached hydrogens (tertiary/aromatic N) is 1. The second kappa shape index (κ2) is 6.27. The van der Waals surface area contributed by atoms with Crippen molar-refractivity contribution in [3.63, 3.8) is 0 Å². The number of aromatic nitrogens is 1. The van der Waals surface area contributed by atoms with Crippen molar-refractivity contribution in [2.75, 3.05) is 13.7 Å². The summed E-state index contributed by atoms with van der Waals surface area (Å²) in [5, 5.41) is 3.59. The van der Waals surface area contributed by atoms with E-state index in [2.05, 4.69) is 17.2 Å². The van der Waals surface area contributed by atoms with Gasteiger partial charge in [-0.2, -0.15) is 0 Å². The summed E-state index contributed by atoms with van der Waals surface area (Å²) < 4.78 is 11.1. The highest BCUT2D eigenvalue weighted by atomic mass is 16.5. The van der Waals surface area contributed by atoms with Gasteiger partial charge in [0.15, 0.2) is 0 Å². The van der Waals surface area contributed by atoms with Gasteiger partial charge in [0.05, 0.1) is 12.2 Å². The molecule has 4 heteroatoms. The van der Waals surface area contributed by atoms with Gasteiger partial charge in [0.25, 0.3) is 0 Å². The lowest BCUT2D eigenvalue weighted by Crippen LogP contribution is -2.60. The molecule has 18 heavy (non-hydrogen) atoms. The van der Waals surface area contributed by atoms with E-state index in [0.717, 1.165) is 13.0 Å². The van der Waals surface area contributed by atoms with Crippen LogP contribution in [0.4, 0.5) is 0 Å². The maximum Gasteiger partial charge on any atom is 0.0987 e. The molecule has 0 spiro atoms. The minimum Gasteiger partial charge on any atom is -0.377 e. The first kappa shape index (κ1) is 13.5. The third-order valence-corrected chi connectivity index (χ3v) is 3.57. The van der Waals surface area contributed by atoms with E-state index in [4.69, 9.17) is 9.47 Å². The predicted molar refractivity (Wildman–Crippen MR) is 70.4 cm³/mol. The van der Waals surface area contributed by atoms with E-state index in [-0.39, 0.29) is 12.2 Å². The Morgan fingerprint density at radius 3 is 2.78 bits per heavy atom. The first-order valence-electron chi connectivity index (χ1n) is 6.56. The molecule has 0 radical (unpaired) electrons. The average Bonchev–Trinajstić information content (AvgIpc) is 2.38. The Morgan fingerprint density at radius 2 is 2.17 bits per heavy atom. The number of methoxy groups -OCH3 is 1. The van der Waals surface area contributed by atoms with Gasteiger partial charge in [0, 0.05) is 38.2 Å². The fraction of sp³-hybridized carbons (Fsp3) is 0.643. The van der Waals surface area contributed by atoms with Crippen molar-refractivity contribution < 1.29 is 9.47 Å². The van der Waals surface area contributed by atoms with Crippen molar-refractivity contribution in [1.82, 2.24) is 10.3 Å². The zero-order valence-electron chi connectivity index (χ0n) is 11.3. The van der Waals surface area contributed by atoms with Crippen LogP contribution in [-0.4, -0.2) is 37.0 Å². The Kier molecular flexibility index (Phi) is 4.69. The van der Waals surface area contributed by atoms with Crippen molar-refractivity contribution in [1.29, 1.82) is 0 Å². The van der Waals surface area contributed by atoms with Gasteiger partial charge in [0.2, 0.25) is 0 Å². The second-order valence-corrected chi connectivity index (χ2v) is 4.71. The van der Waals surface area contributed by atoms with E-state index < -0.39 is 0 Å². The molecule has 2 rings (SSSR count). The highest BCUT2D eigenvalue weighted by molar-refractivity contribution is 5.15. The van der Waals surface area contributed by atoms with Crippen molar-refractivity contribution >= 4 is 0 Å². The smallest absolute Gasteiger partial charge is 0.0987 e. The number of pyridine rings is 1. The van der Waals surface area contributed by atoms with E-state index in [1.54, 1.807) is 7.11 Å². The van der Waals surface area contributed by atoms with Crippen LogP contribution in [0.1, 0.15) is 31.9 Å². The topological polar surface area (TPSA) is 43.4 Å². The first-order valence-corrected chi connectivity index (χ1v) is 6.56. The standard InChI is InChI=1S/C14H22N2O2/c1-4-18-13-9-12(14(13)17-3)16-10(2)11-5-7-15-8-6-11/h5-8,10,12-14,16H,4,9H2,1-3H3. The number of rotatable bonds is 6. The van der Waals surface area contributed by atoms with Crippen molar-refractivity contribution in [2.45, 2.75) is 44.6 Å². The summed E-state index contributed by atoms with van der Waals surface area (Å²) in [5.74, 6) is 0. The molecule has 100 valence electrons. The SMILES string of the molecule is CCOC1CC(NC(C)c2ccncc2)C1OC. The van der Waals surface area contributed by atoms with Gasteiger partial charge in [-0.3, -0.25) is 4.98 Å². The zero-order valence-corrected chi connectivity index (χ0v) is 11.3. The summed E-state index contributed by atoms with van der Waals surface area (Å²) >= 11 is 0. The third-order valence-electron chi connectivity index (χ3n) is 3.57. The van der Waals surface area contributed by atoms with Crippen LogP contribution < -0.4 is 5.32 Å². The molecule has 4 atom stereocenters. The molecule has 1 fully saturated rings. The predicted octanol–water partition coefficient (Wildman–Crippen LogP) is 1.92. The average molecular weight is 250 g/mol. The largest absolute Gasteiger partial charge is 0.377 e. The van der Waals surface area contributed by atoms with Gasteiger partial charge < -0.3 is 14.8 Å². The minimum atomic E-state index is 0.161. The van der Waals surface area contributed by atoms with E-state index in [1.807, 2.05) is 31.5 Å². The Morgan fingerprint density at radius 1 is 1.44 bits per heavy atom. The molecule has 0 aliphatic heterocycles. The van der Waals surface area contributed by atoms with Crippen LogP contribution in [0.3, 0.4) is 0 Å². The molecular formula is C14H22N2O2. The van der Waals surface area contributed by atoms with Crippen LogP contribution in [0.5, 0.6) is 0 Å². The van der Waals surface area contributed by atoms with Crippen LogP contribution >= 0.6 is 0 Å². The van der Waals surface area contributed by atoms with E-state index >= 15 is 0 Å². The van der Waals surface area contributed by atoms with Crippen LogP contribution in [0.15, 0.2) is 24.5 Å². The van der Waals surface area contributed by atoms with Gasteiger partial charge in [-0.05, 0) is 38.0 Å². The molecule has 1 N–H and O–H groups in total. The molecule has 1 saturated carbocycles. The van der Waals surface area contributed by atoms with Gasteiger partial charge in [-0.15, -0.1) is 0 Å². The lowest BCUT2D eigenvalue weighted by molar-refractivity contribution is -0.133. The fourth-order valence-electron chi connectivity index (χ4n) is 2.51. The van der Waals surface area contributed by atoms with Gasteiger partial charge in [-0.1, -0.05) is 0 Å². The maximum absolute atomic E-state index is 5.62. The molecule has 1 aliphatic rings. The van der Waals surface area contributed by atoms with Crippen molar-refractivity contribution in [3.8, 4) is 0 Å². The number of hydrogen-bond acceptors (Lipinski definition) is 4. The Balaban J connectivity index is 1.87. The summed E-state index contributed by atoms with van der Waals surface area (Å²) in [4.78, 5) is 4.04. The molecule has 1 aromatic heterocycles. The summed E-state index contributed by atoms with van der Waals surface area (Å²) in [6.45, 7) is 4.93. The molecule has 0 saturated heterocycles. The Labute approximate surface area is 109 Å². The summed E-state index contributed by atoms with van der Waals surface area (Å²) in [5.41, 5.74) is 1.25. The maximum atomic E-state index is 5.62. The van der Waals surface area contributed by atoms with Crippen LogP contribution in [0.2, 0.25) is 0 Å². The lowest BCUT2D eigenvalue weighted by Gasteiger charge is -2.44. The normalized spacial score (nSPS) is 28.7. The Bertz CT molecular complexity index is 358. The highest BCUT2D eigenvalue weighted by Crippen LogP contribution is 2.29. The molecule has 4 unspecified atom stereocenters. The van der Waals surface area contributed by atoms with E-state index in [0.29, 0.717) is 12.1 Å². The van der Waals surface area contributed by atoms with Crippen molar-refractivity contribution in [3.05, 3.63) is 30.1 Å². The molecule has 1 aliphatic carbocycles. The number of nitrogens with one attached hydrogen (secondary N) is 1. The molecule has 0 bridgehead atoms. The fourth-order valence-corrected chi connectivity index (χ4v) is 2.51. The lowest BCUT2D eigenvalue weighted by atomic mass is 9.84. The summed E-state index contributed by atoms with van der Waals surface area (Å²) in [7, 11) is 1.75. The minimum absolute atomic E-state index is 0.161. The van der Waals surface area contributed by atoms with Crippen LogP contribution in [0.25, 0.3) is 0 Å². The van der Waals surface area contributed by atoms with Gasteiger partial charge in [0.1, 0.15) is 0 Å². The monoisotopic (exact) mass is 250 g/mol.